The number of amides is 1. The maximum atomic E-state index is 13.1. The Kier molecular flexibility index (Phi) is 4.28. The third-order valence-corrected chi connectivity index (χ3v) is 4.81. The molecule has 1 amide bonds. The van der Waals surface area contributed by atoms with Crippen molar-refractivity contribution in [2.75, 3.05) is 10.6 Å². The summed E-state index contributed by atoms with van der Waals surface area (Å²) in [5.74, 6) is -0.625. The Labute approximate surface area is 150 Å². The van der Waals surface area contributed by atoms with E-state index in [-0.39, 0.29) is 11.7 Å². The van der Waals surface area contributed by atoms with Gasteiger partial charge in [0.2, 0.25) is 0 Å². The summed E-state index contributed by atoms with van der Waals surface area (Å²) in [5.41, 5.74) is 2.48. The molecule has 0 spiro atoms. The molecule has 6 nitrogen and oxygen atoms in total. The van der Waals surface area contributed by atoms with E-state index in [0.29, 0.717) is 17.3 Å². The number of aromatic nitrogens is 3. The second-order valence-electron chi connectivity index (χ2n) is 6.64. The van der Waals surface area contributed by atoms with Gasteiger partial charge in [0.05, 0.1) is 22.8 Å². The Balaban J connectivity index is 1.70. The molecule has 0 bridgehead atoms. The number of carbonyl (C=O) groups excluding carboxylic acids is 1. The number of rotatable bonds is 4. The molecule has 0 radical (unpaired) electrons. The first-order chi connectivity index (χ1) is 12.6. The number of halogens is 1. The van der Waals surface area contributed by atoms with E-state index in [0.717, 1.165) is 29.6 Å². The molecule has 0 saturated heterocycles. The van der Waals surface area contributed by atoms with Crippen LogP contribution in [-0.4, -0.2) is 26.7 Å². The normalized spacial score (nSPS) is 14.7. The van der Waals surface area contributed by atoms with Crippen LogP contribution in [0.4, 0.5) is 15.8 Å². The third kappa shape index (κ3) is 3.12. The molecule has 26 heavy (non-hydrogen) atoms. The van der Waals surface area contributed by atoms with Crippen LogP contribution in [0, 0.1) is 5.82 Å². The highest BCUT2D eigenvalue weighted by Crippen LogP contribution is 2.30. The highest BCUT2D eigenvalue weighted by molar-refractivity contribution is 6.12. The zero-order valence-corrected chi connectivity index (χ0v) is 14.5. The maximum absolute atomic E-state index is 13.1. The predicted molar refractivity (Wildman–Crippen MR) is 98.7 cm³/mol. The lowest BCUT2D eigenvalue weighted by molar-refractivity contribution is 0.102. The average Bonchev–Trinajstić information content (AvgIpc) is 3.27. The van der Waals surface area contributed by atoms with Gasteiger partial charge in [-0.15, -0.1) is 0 Å². The van der Waals surface area contributed by atoms with Crippen molar-refractivity contribution in [3.63, 3.8) is 0 Å². The fraction of sp³-hybridized carbons (Fsp3) is 0.316. The second-order valence-corrected chi connectivity index (χ2v) is 6.64. The van der Waals surface area contributed by atoms with Gasteiger partial charge in [-0.2, -0.15) is 5.10 Å². The van der Waals surface area contributed by atoms with Gasteiger partial charge in [-0.3, -0.25) is 9.48 Å². The number of benzene rings is 1. The first kappa shape index (κ1) is 16.5. The van der Waals surface area contributed by atoms with E-state index in [4.69, 9.17) is 0 Å². The minimum atomic E-state index is -0.343. The fourth-order valence-electron chi connectivity index (χ4n) is 3.43. The zero-order chi connectivity index (χ0) is 18.1. The van der Waals surface area contributed by atoms with Crippen molar-refractivity contribution in [3.8, 4) is 0 Å². The molecule has 3 aromatic rings. The van der Waals surface area contributed by atoms with Gasteiger partial charge in [-0.05, 0) is 37.1 Å². The highest BCUT2D eigenvalue weighted by atomic mass is 19.1. The van der Waals surface area contributed by atoms with Crippen molar-refractivity contribution in [2.45, 2.75) is 31.7 Å². The van der Waals surface area contributed by atoms with Crippen LogP contribution >= 0.6 is 0 Å². The molecule has 2 heterocycles. The summed E-state index contributed by atoms with van der Waals surface area (Å²) < 4.78 is 14.8. The molecule has 1 aliphatic rings. The Morgan fingerprint density at radius 3 is 2.65 bits per heavy atom. The molecule has 1 aromatic carbocycles. The number of carbonyl (C=O) groups is 1. The van der Waals surface area contributed by atoms with E-state index in [1.54, 1.807) is 17.1 Å². The lowest BCUT2D eigenvalue weighted by atomic mass is 10.1. The molecule has 1 aliphatic carbocycles. The van der Waals surface area contributed by atoms with Gasteiger partial charge in [0, 0.05) is 25.0 Å². The number of hydrogen-bond acceptors (Lipinski definition) is 4. The van der Waals surface area contributed by atoms with E-state index in [2.05, 4.69) is 20.7 Å². The lowest BCUT2D eigenvalue weighted by Crippen LogP contribution is -2.20. The number of hydrogen-bond donors (Lipinski definition) is 2. The Morgan fingerprint density at radius 1 is 1.19 bits per heavy atom. The molecule has 7 heteroatoms. The smallest absolute Gasteiger partial charge is 0.259 e. The topological polar surface area (TPSA) is 71.8 Å². The fourth-order valence-corrected chi connectivity index (χ4v) is 3.43. The monoisotopic (exact) mass is 353 g/mol. The Morgan fingerprint density at radius 2 is 1.92 bits per heavy atom. The van der Waals surface area contributed by atoms with E-state index < -0.39 is 0 Å². The molecule has 2 aromatic heterocycles. The summed E-state index contributed by atoms with van der Waals surface area (Å²) in [7, 11) is 1.83. The molecular formula is C19H20FN5O. The summed E-state index contributed by atoms with van der Waals surface area (Å²) in [5, 5.41) is 11.4. The number of nitrogens with zero attached hydrogens (tertiary/aromatic N) is 3. The van der Waals surface area contributed by atoms with Gasteiger partial charge in [0.1, 0.15) is 5.82 Å². The van der Waals surface area contributed by atoms with Crippen LogP contribution < -0.4 is 10.6 Å². The number of pyridine rings is 1. The van der Waals surface area contributed by atoms with Crippen molar-refractivity contribution in [2.24, 2.45) is 7.05 Å². The minimum absolute atomic E-state index is 0.282. The van der Waals surface area contributed by atoms with Gasteiger partial charge in [-0.1, -0.05) is 12.8 Å². The van der Waals surface area contributed by atoms with Crippen molar-refractivity contribution < 1.29 is 9.18 Å². The van der Waals surface area contributed by atoms with Crippen LogP contribution in [0.3, 0.4) is 0 Å². The van der Waals surface area contributed by atoms with E-state index in [9.17, 15) is 9.18 Å². The van der Waals surface area contributed by atoms with Gasteiger partial charge in [0.15, 0.2) is 5.65 Å². The number of nitrogens with one attached hydrogen (secondary N) is 2. The van der Waals surface area contributed by atoms with Crippen molar-refractivity contribution >= 4 is 28.3 Å². The number of fused-ring (bicyclic) bond motifs is 1. The lowest BCUT2D eigenvalue weighted by Gasteiger charge is -2.17. The summed E-state index contributed by atoms with van der Waals surface area (Å²) in [6, 6.07) is 6.05. The van der Waals surface area contributed by atoms with Crippen molar-refractivity contribution in [1.29, 1.82) is 0 Å². The second kappa shape index (κ2) is 6.74. The van der Waals surface area contributed by atoms with E-state index >= 15 is 0 Å². The molecular weight excluding hydrogens is 333 g/mol. The molecule has 134 valence electrons. The SMILES string of the molecule is Cn1ncc2c(NC3CCCC3)c(C(=O)Nc3ccc(F)cc3)cnc21. The number of aryl methyl sites for hydroxylation is 1. The van der Waals surface area contributed by atoms with E-state index in [1.165, 1.54) is 37.1 Å². The minimum Gasteiger partial charge on any atom is -0.381 e. The summed E-state index contributed by atoms with van der Waals surface area (Å²) in [6.07, 6.45) is 7.85. The van der Waals surface area contributed by atoms with Crippen LogP contribution in [0.2, 0.25) is 0 Å². The summed E-state index contributed by atoms with van der Waals surface area (Å²) in [6.45, 7) is 0. The molecule has 0 aliphatic heterocycles. The molecule has 0 atom stereocenters. The van der Waals surface area contributed by atoms with Gasteiger partial charge in [-0.25, -0.2) is 9.37 Å². The highest BCUT2D eigenvalue weighted by Gasteiger charge is 2.22. The zero-order valence-electron chi connectivity index (χ0n) is 14.5. The van der Waals surface area contributed by atoms with Crippen LogP contribution in [-0.2, 0) is 7.05 Å². The van der Waals surface area contributed by atoms with Crippen LogP contribution in [0.25, 0.3) is 11.0 Å². The molecule has 1 saturated carbocycles. The average molecular weight is 353 g/mol. The number of anilines is 2. The largest absolute Gasteiger partial charge is 0.381 e. The van der Waals surface area contributed by atoms with Crippen LogP contribution in [0.5, 0.6) is 0 Å². The molecule has 1 fully saturated rings. The predicted octanol–water partition coefficient (Wildman–Crippen LogP) is 3.71. The summed E-state index contributed by atoms with van der Waals surface area (Å²) in [4.78, 5) is 17.2. The van der Waals surface area contributed by atoms with Crippen LogP contribution in [0.15, 0.2) is 36.7 Å². The molecule has 2 N–H and O–H groups in total. The maximum Gasteiger partial charge on any atom is 0.259 e. The molecule has 4 rings (SSSR count). The summed E-state index contributed by atoms with van der Waals surface area (Å²) >= 11 is 0. The third-order valence-electron chi connectivity index (χ3n) is 4.81. The molecule has 0 unspecified atom stereocenters. The van der Waals surface area contributed by atoms with Crippen LogP contribution in [0.1, 0.15) is 36.0 Å². The Bertz CT molecular complexity index is 944. The van der Waals surface area contributed by atoms with Crippen molar-refractivity contribution in [3.05, 3.63) is 48.0 Å². The van der Waals surface area contributed by atoms with Crippen molar-refractivity contribution in [1.82, 2.24) is 14.8 Å². The first-order valence-corrected chi connectivity index (χ1v) is 8.76. The quantitative estimate of drug-likeness (QED) is 0.750. The standard InChI is InChI=1S/C19H20FN5O/c1-25-18-15(11-22-25)17(23-13-4-2-3-5-13)16(10-21-18)19(26)24-14-8-6-12(20)7-9-14/h6-11,13H,2-5H2,1H3,(H,21,23)(H,24,26). The van der Waals surface area contributed by atoms with Gasteiger partial charge in [0.25, 0.3) is 5.91 Å². The van der Waals surface area contributed by atoms with Gasteiger partial charge >= 0.3 is 0 Å². The Hall–Kier alpha value is -2.96. The van der Waals surface area contributed by atoms with Gasteiger partial charge < -0.3 is 10.6 Å². The first-order valence-electron chi connectivity index (χ1n) is 8.76. The van der Waals surface area contributed by atoms with E-state index in [1.807, 2.05) is 7.05 Å².